The number of aromatic nitrogens is 1. The molecule has 1 saturated heterocycles. The molecule has 0 radical (unpaired) electrons. The monoisotopic (exact) mass is 255 g/mol. The van der Waals surface area contributed by atoms with Gasteiger partial charge in [-0.1, -0.05) is 11.6 Å². The molecule has 0 aliphatic carbocycles. The summed E-state index contributed by atoms with van der Waals surface area (Å²) in [7, 11) is 0. The zero-order chi connectivity index (χ0) is 12.1. The van der Waals surface area contributed by atoms with E-state index in [4.69, 9.17) is 21.1 Å². The average Bonchev–Trinajstić information content (AvgIpc) is 2.83. The molecule has 1 aliphatic heterocycles. The Morgan fingerprint density at radius 1 is 1.59 bits per heavy atom. The molecular weight excluding hydrogens is 242 g/mol. The number of nitrogens with zero attached hydrogens (tertiary/aromatic N) is 1. The molecule has 1 aliphatic rings. The van der Waals surface area contributed by atoms with E-state index in [2.05, 4.69) is 4.98 Å². The smallest absolute Gasteiger partial charge is 0.339 e. The van der Waals surface area contributed by atoms with Gasteiger partial charge in [0.1, 0.15) is 5.15 Å². The van der Waals surface area contributed by atoms with Crippen LogP contribution in [0.15, 0.2) is 18.3 Å². The molecule has 1 fully saturated rings. The predicted molar refractivity (Wildman–Crippen MR) is 63.1 cm³/mol. The number of hydrogen-bond acceptors (Lipinski definition) is 4. The first-order valence-corrected chi connectivity index (χ1v) is 6.04. The molecule has 0 amide bonds. The van der Waals surface area contributed by atoms with Crippen LogP contribution in [0, 0.1) is 0 Å². The average molecular weight is 256 g/mol. The van der Waals surface area contributed by atoms with Crippen molar-refractivity contribution in [2.75, 3.05) is 13.2 Å². The number of pyridine rings is 1. The standard InChI is InChI=1S/C12H14ClNO3/c13-11-4-3-9(8-14-11)12(15)17-7-5-10-2-1-6-16-10/h3-4,8,10H,1-2,5-7H2/t10-/m1/s1. The summed E-state index contributed by atoms with van der Waals surface area (Å²) in [6.07, 6.45) is 4.56. The number of esters is 1. The number of halogens is 1. The van der Waals surface area contributed by atoms with Crippen molar-refractivity contribution in [1.82, 2.24) is 4.98 Å². The van der Waals surface area contributed by atoms with Crippen molar-refractivity contribution in [1.29, 1.82) is 0 Å². The summed E-state index contributed by atoms with van der Waals surface area (Å²) in [5, 5.41) is 0.362. The maximum atomic E-state index is 11.6. The molecule has 0 aromatic carbocycles. The van der Waals surface area contributed by atoms with Gasteiger partial charge in [-0.15, -0.1) is 0 Å². The number of rotatable bonds is 4. The molecule has 5 heteroatoms. The molecule has 0 N–H and O–H groups in total. The van der Waals surface area contributed by atoms with Gasteiger partial charge >= 0.3 is 5.97 Å². The van der Waals surface area contributed by atoms with E-state index in [1.54, 1.807) is 12.1 Å². The van der Waals surface area contributed by atoms with Crippen LogP contribution in [-0.2, 0) is 9.47 Å². The van der Waals surface area contributed by atoms with Crippen LogP contribution >= 0.6 is 11.6 Å². The van der Waals surface area contributed by atoms with Gasteiger partial charge in [0, 0.05) is 19.2 Å². The van der Waals surface area contributed by atoms with Crippen LogP contribution in [0.1, 0.15) is 29.6 Å². The molecule has 92 valence electrons. The molecule has 17 heavy (non-hydrogen) atoms. The lowest BCUT2D eigenvalue weighted by Gasteiger charge is -2.09. The van der Waals surface area contributed by atoms with Gasteiger partial charge in [-0.25, -0.2) is 9.78 Å². The third-order valence-corrected chi connectivity index (χ3v) is 2.88. The van der Waals surface area contributed by atoms with Crippen molar-refractivity contribution in [3.8, 4) is 0 Å². The largest absolute Gasteiger partial charge is 0.462 e. The van der Waals surface area contributed by atoms with Gasteiger partial charge in [0.25, 0.3) is 0 Å². The highest BCUT2D eigenvalue weighted by atomic mass is 35.5. The minimum Gasteiger partial charge on any atom is -0.462 e. The Labute approximate surface area is 105 Å². The van der Waals surface area contributed by atoms with Gasteiger partial charge in [0.15, 0.2) is 0 Å². The Kier molecular flexibility index (Phi) is 4.34. The van der Waals surface area contributed by atoms with Crippen molar-refractivity contribution >= 4 is 17.6 Å². The van der Waals surface area contributed by atoms with Crippen LogP contribution in [0.5, 0.6) is 0 Å². The fraction of sp³-hybridized carbons (Fsp3) is 0.500. The third kappa shape index (κ3) is 3.68. The van der Waals surface area contributed by atoms with E-state index in [0.717, 1.165) is 25.9 Å². The molecule has 0 saturated carbocycles. The van der Waals surface area contributed by atoms with Gasteiger partial charge in [-0.3, -0.25) is 0 Å². The maximum Gasteiger partial charge on any atom is 0.339 e. The van der Waals surface area contributed by atoms with E-state index in [1.165, 1.54) is 6.20 Å². The molecule has 1 aromatic rings. The van der Waals surface area contributed by atoms with Crippen molar-refractivity contribution in [2.24, 2.45) is 0 Å². The first-order chi connectivity index (χ1) is 8.25. The molecule has 0 unspecified atom stereocenters. The van der Waals surface area contributed by atoms with E-state index < -0.39 is 0 Å². The SMILES string of the molecule is O=C(OCC[C@H]1CCCO1)c1ccc(Cl)nc1. The van der Waals surface area contributed by atoms with Gasteiger partial charge in [-0.2, -0.15) is 0 Å². The number of hydrogen-bond donors (Lipinski definition) is 0. The molecule has 0 spiro atoms. The lowest BCUT2D eigenvalue weighted by atomic mass is 10.2. The highest BCUT2D eigenvalue weighted by Crippen LogP contribution is 2.15. The highest BCUT2D eigenvalue weighted by Gasteiger charge is 2.16. The Bertz CT molecular complexity index is 374. The second kappa shape index (κ2) is 5.98. The maximum absolute atomic E-state index is 11.6. The zero-order valence-corrected chi connectivity index (χ0v) is 10.2. The number of ether oxygens (including phenoxy) is 2. The van der Waals surface area contributed by atoms with Crippen molar-refractivity contribution in [2.45, 2.75) is 25.4 Å². The first-order valence-electron chi connectivity index (χ1n) is 5.66. The molecule has 1 atom stereocenters. The predicted octanol–water partition coefficient (Wildman–Crippen LogP) is 2.46. The van der Waals surface area contributed by atoms with Crippen molar-refractivity contribution < 1.29 is 14.3 Å². The minimum absolute atomic E-state index is 0.242. The summed E-state index contributed by atoms with van der Waals surface area (Å²) in [6, 6.07) is 3.17. The van der Waals surface area contributed by atoms with Gasteiger partial charge in [0.2, 0.25) is 0 Å². The molecule has 2 rings (SSSR count). The van der Waals surface area contributed by atoms with Crippen LogP contribution in [-0.4, -0.2) is 30.3 Å². The Hall–Kier alpha value is -1.13. The highest BCUT2D eigenvalue weighted by molar-refractivity contribution is 6.29. The van der Waals surface area contributed by atoms with E-state index in [0.29, 0.717) is 17.3 Å². The van der Waals surface area contributed by atoms with Crippen LogP contribution in [0.25, 0.3) is 0 Å². The van der Waals surface area contributed by atoms with Crippen LogP contribution in [0.4, 0.5) is 0 Å². The molecular formula is C12H14ClNO3. The molecule has 2 heterocycles. The van der Waals surface area contributed by atoms with Crippen molar-refractivity contribution in [3.63, 3.8) is 0 Å². The fourth-order valence-electron chi connectivity index (χ4n) is 1.73. The normalized spacial score (nSPS) is 19.2. The van der Waals surface area contributed by atoms with Crippen LogP contribution in [0.3, 0.4) is 0 Å². The summed E-state index contributed by atoms with van der Waals surface area (Å²) in [4.78, 5) is 15.4. The van der Waals surface area contributed by atoms with Gasteiger partial charge in [0.05, 0.1) is 18.3 Å². The summed E-state index contributed by atoms with van der Waals surface area (Å²) < 4.78 is 10.6. The molecule has 4 nitrogen and oxygen atoms in total. The minimum atomic E-state index is -0.368. The molecule has 1 aromatic heterocycles. The Morgan fingerprint density at radius 2 is 2.47 bits per heavy atom. The second-order valence-electron chi connectivity index (χ2n) is 3.93. The summed E-state index contributed by atoms with van der Waals surface area (Å²) in [5.74, 6) is -0.368. The first kappa shape index (κ1) is 12.3. The van der Waals surface area contributed by atoms with E-state index >= 15 is 0 Å². The number of carbonyl (C=O) groups excluding carboxylic acids is 1. The fourth-order valence-corrected chi connectivity index (χ4v) is 1.85. The lowest BCUT2D eigenvalue weighted by Crippen LogP contribution is -2.13. The van der Waals surface area contributed by atoms with Crippen molar-refractivity contribution in [3.05, 3.63) is 29.0 Å². The summed E-state index contributed by atoms with van der Waals surface area (Å²) in [5.41, 5.74) is 0.418. The van der Waals surface area contributed by atoms with Gasteiger partial charge < -0.3 is 9.47 Å². The third-order valence-electron chi connectivity index (χ3n) is 2.66. The Balaban J connectivity index is 1.75. The molecule has 0 bridgehead atoms. The second-order valence-corrected chi connectivity index (χ2v) is 4.32. The zero-order valence-electron chi connectivity index (χ0n) is 9.39. The van der Waals surface area contributed by atoms with E-state index in [-0.39, 0.29) is 12.1 Å². The van der Waals surface area contributed by atoms with E-state index in [1.807, 2.05) is 0 Å². The summed E-state index contributed by atoms with van der Waals surface area (Å²) >= 11 is 5.63. The number of carbonyl (C=O) groups is 1. The van der Waals surface area contributed by atoms with Crippen LogP contribution < -0.4 is 0 Å². The quantitative estimate of drug-likeness (QED) is 0.613. The van der Waals surface area contributed by atoms with E-state index in [9.17, 15) is 4.79 Å². The Morgan fingerprint density at radius 3 is 3.12 bits per heavy atom. The van der Waals surface area contributed by atoms with Gasteiger partial charge in [-0.05, 0) is 25.0 Å². The topological polar surface area (TPSA) is 48.4 Å². The van der Waals surface area contributed by atoms with Crippen LogP contribution in [0.2, 0.25) is 5.15 Å². The lowest BCUT2D eigenvalue weighted by molar-refractivity contribution is 0.0385. The summed E-state index contributed by atoms with van der Waals surface area (Å²) in [6.45, 7) is 1.20.